The Balaban J connectivity index is 1.34. The van der Waals surface area contributed by atoms with Crippen LogP contribution in [0.5, 0.6) is 0 Å². The molecule has 0 bridgehead atoms. The number of ether oxygens (including phenoxy) is 1. The number of carboxylic acids is 2. The van der Waals surface area contributed by atoms with Crippen LogP contribution in [-0.2, 0) is 19.1 Å². The van der Waals surface area contributed by atoms with E-state index in [9.17, 15) is 14.4 Å². The third-order valence-corrected chi connectivity index (χ3v) is 11.9. The lowest BCUT2D eigenvalue weighted by molar-refractivity contribution is -0.164. The number of carbonyl (C=O) groups is 3. The summed E-state index contributed by atoms with van der Waals surface area (Å²) in [6.45, 7) is 7.52. The maximum Gasteiger partial charge on any atom is 0.323 e. The Bertz CT molecular complexity index is 876. The highest BCUT2D eigenvalue weighted by molar-refractivity contribution is 5.76. The minimum atomic E-state index is -0.944. The van der Waals surface area contributed by atoms with Crippen LogP contribution < -0.4 is 5.73 Å². The van der Waals surface area contributed by atoms with Crippen molar-refractivity contribution in [3.63, 3.8) is 0 Å². The maximum absolute atomic E-state index is 12.5. The summed E-state index contributed by atoms with van der Waals surface area (Å²) < 4.78 is 5.81. The quantitative estimate of drug-likeness (QED) is 0.218. The third-order valence-electron chi connectivity index (χ3n) is 11.9. The van der Waals surface area contributed by atoms with Gasteiger partial charge in [0.2, 0.25) is 0 Å². The minimum Gasteiger partial charge on any atom is -0.481 e. The number of hydrogen-bond donors (Lipinski definition) is 3. The molecule has 10 atom stereocenters. The van der Waals surface area contributed by atoms with Crippen LogP contribution in [0.4, 0.5) is 0 Å². The van der Waals surface area contributed by atoms with Gasteiger partial charge in [-0.2, -0.15) is 0 Å². The van der Waals surface area contributed by atoms with E-state index in [4.69, 9.17) is 20.7 Å². The zero-order valence-corrected chi connectivity index (χ0v) is 23.8. The van der Waals surface area contributed by atoms with E-state index < -0.39 is 23.9 Å². The van der Waals surface area contributed by atoms with Gasteiger partial charge in [-0.05, 0) is 117 Å². The fourth-order valence-electron chi connectivity index (χ4n) is 9.89. The fourth-order valence-corrected chi connectivity index (χ4v) is 9.89. The standard InChI is InChI=1S/C31H51NO6/c1-19(6-4-5-7-27(33)34)23-10-11-24-22-9-8-20-18-21(38-29(37)26(32)12-13-28(35)36)14-16-30(20,2)25(22)15-17-31(23,24)3/h19-26H,4-18,32H2,1-3H3,(H,33,34)(H,35,36)/t19-,20?,21-,22?,23?,24?,25?,26-,30+,31-/m1/s1. The van der Waals surface area contributed by atoms with Crippen molar-refractivity contribution < 1.29 is 29.3 Å². The van der Waals surface area contributed by atoms with Crippen LogP contribution in [0.2, 0.25) is 0 Å². The fraction of sp³-hybridized carbons (Fsp3) is 0.903. The summed E-state index contributed by atoms with van der Waals surface area (Å²) in [5.41, 5.74) is 6.62. The molecular formula is C31H51NO6. The molecule has 4 rings (SSSR count). The van der Waals surface area contributed by atoms with E-state index in [0.29, 0.717) is 29.1 Å². The molecule has 0 radical (unpaired) electrons. The highest BCUT2D eigenvalue weighted by Gasteiger charge is 2.60. The number of carbonyl (C=O) groups excluding carboxylic acids is 1. The van der Waals surface area contributed by atoms with Gasteiger partial charge in [0, 0.05) is 12.8 Å². The summed E-state index contributed by atoms with van der Waals surface area (Å²) in [7, 11) is 0. The second kappa shape index (κ2) is 11.9. The lowest BCUT2D eigenvalue weighted by Crippen LogP contribution is -2.54. The van der Waals surface area contributed by atoms with Crippen molar-refractivity contribution in [2.24, 2.45) is 52.1 Å². The van der Waals surface area contributed by atoms with E-state index in [-0.39, 0.29) is 18.9 Å². The predicted octanol–water partition coefficient (Wildman–Crippen LogP) is 6.03. The number of aliphatic carboxylic acids is 2. The first-order valence-electron chi connectivity index (χ1n) is 15.4. The highest BCUT2D eigenvalue weighted by atomic mass is 16.5. The van der Waals surface area contributed by atoms with E-state index >= 15 is 0 Å². The summed E-state index contributed by atoms with van der Waals surface area (Å²) in [5.74, 6) is 2.25. The Kier molecular flexibility index (Phi) is 9.16. The van der Waals surface area contributed by atoms with Crippen molar-refractivity contribution >= 4 is 17.9 Å². The van der Waals surface area contributed by atoms with Crippen molar-refractivity contribution in [1.29, 1.82) is 0 Å². The average Bonchev–Trinajstić information content (AvgIpc) is 3.22. The zero-order chi connectivity index (χ0) is 27.7. The molecule has 4 aliphatic carbocycles. The van der Waals surface area contributed by atoms with Crippen LogP contribution >= 0.6 is 0 Å². The van der Waals surface area contributed by atoms with Gasteiger partial charge in [0.25, 0.3) is 0 Å². The monoisotopic (exact) mass is 533 g/mol. The first-order valence-corrected chi connectivity index (χ1v) is 15.4. The molecule has 4 saturated carbocycles. The molecule has 0 aromatic carbocycles. The molecule has 0 saturated heterocycles. The van der Waals surface area contributed by atoms with Gasteiger partial charge in [0.15, 0.2) is 0 Å². The Labute approximate surface area is 228 Å². The van der Waals surface area contributed by atoms with E-state index in [0.717, 1.165) is 62.2 Å². The summed E-state index contributed by atoms with van der Waals surface area (Å²) in [6, 6.07) is -0.860. The smallest absolute Gasteiger partial charge is 0.323 e. The number of carboxylic acid groups (broad SMARTS) is 2. The molecule has 7 nitrogen and oxygen atoms in total. The second-order valence-electron chi connectivity index (χ2n) is 13.9. The highest BCUT2D eigenvalue weighted by Crippen LogP contribution is 2.68. The normalized spacial score (nSPS) is 39.8. The molecule has 4 aliphatic rings. The molecule has 38 heavy (non-hydrogen) atoms. The van der Waals surface area contributed by atoms with Gasteiger partial charge in [-0.3, -0.25) is 14.4 Å². The number of fused-ring (bicyclic) bond motifs is 5. The van der Waals surface area contributed by atoms with Crippen LogP contribution in [0, 0.1) is 46.3 Å². The molecule has 216 valence electrons. The van der Waals surface area contributed by atoms with Gasteiger partial charge in [0.1, 0.15) is 12.1 Å². The lowest BCUT2D eigenvalue weighted by atomic mass is 9.44. The van der Waals surface area contributed by atoms with Crippen molar-refractivity contribution in [3.8, 4) is 0 Å². The molecule has 7 heteroatoms. The minimum absolute atomic E-state index is 0.0975. The van der Waals surface area contributed by atoms with Crippen LogP contribution in [0.1, 0.15) is 117 Å². The molecule has 4 fully saturated rings. The molecule has 4 N–H and O–H groups in total. The summed E-state index contributed by atoms with van der Waals surface area (Å²) in [4.78, 5) is 34.2. The van der Waals surface area contributed by atoms with Crippen LogP contribution in [0.25, 0.3) is 0 Å². The van der Waals surface area contributed by atoms with Gasteiger partial charge in [-0.15, -0.1) is 0 Å². The Morgan fingerprint density at radius 3 is 2.26 bits per heavy atom. The molecule has 0 aliphatic heterocycles. The summed E-state index contributed by atoms with van der Waals surface area (Å²) >= 11 is 0. The van der Waals surface area contributed by atoms with E-state index in [2.05, 4.69) is 20.8 Å². The molecule has 0 spiro atoms. The Morgan fingerprint density at radius 2 is 1.55 bits per heavy atom. The molecule has 5 unspecified atom stereocenters. The Hall–Kier alpha value is -1.63. The van der Waals surface area contributed by atoms with Gasteiger partial charge >= 0.3 is 17.9 Å². The van der Waals surface area contributed by atoms with E-state index in [1.807, 2.05) is 0 Å². The Morgan fingerprint density at radius 1 is 0.868 bits per heavy atom. The van der Waals surface area contributed by atoms with Gasteiger partial charge in [-0.1, -0.05) is 33.6 Å². The molecule has 0 aromatic heterocycles. The number of esters is 1. The number of unbranched alkanes of at least 4 members (excludes halogenated alkanes) is 1. The van der Waals surface area contributed by atoms with E-state index in [1.54, 1.807) is 0 Å². The summed E-state index contributed by atoms with van der Waals surface area (Å²) in [5, 5.41) is 17.8. The number of rotatable bonds is 11. The van der Waals surface area contributed by atoms with Gasteiger partial charge in [-0.25, -0.2) is 0 Å². The average molecular weight is 534 g/mol. The van der Waals surface area contributed by atoms with Crippen molar-refractivity contribution in [2.75, 3.05) is 0 Å². The van der Waals surface area contributed by atoms with Crippen molar-refractivity contribution in [2.45, 2.75) is 129 Å². The predicted molar refractivity (Wildman–Crippen MR) is 145 cm³/mol. The van der Waals surface area contributed by atoms with Crippen molar-refractivity contribution in [3.05, 3.63) is 0 Å². The number of nitrogens with two attached hydrogens (primary N) is 1. The maximum atomic E-state index is 12.5. The zero-order valence-electron chi connectivity index (χ0n) is 23.8. The molecule has 0 aromatic rings. The topological polar surface area (TPSA) is 127 Å². The second-order valence-corrected chi connectivity index (χ2v) is 13.9. The van der Waals surface area contributed by atoms with E-state index in [1.165, 1.54) is 38.5 Å². The first kappa shape index (κ1) is 29.4. The van der Waals surface area contributed by atoms with Gasteiger partial charge < -0.3 is 20.7 Å². The summed E-state index contributed by atoms with van der Waals surface area (Å²) in [6.07, 6.45) is 13.8. The van der Waals surface area contributed by atoms with Crippen LogP contribution in [-0.4, -0.2) is 40.3 Å². The molecule has 0 amide bonds. The van der Waals surface area contributed by atoms with Crippen LogP contribution in [0.15, 0.2) is 0 Å². The first-order chi connectivity index (χ1) is 18.0. The van der Waals surface area contributed by atoms with Crippen molar-refractivity contribution in [1.82, 2.24) is 0 Å². The third kappa shape index (κ3) is 5.93. The van der Waals surface area contributed by atoms with Gasteiger partial charge in [0.05, 0.1) is 0 Å². The largest absolute Gasteiger partial charge is 0.481 e. The lowest BCUT2D eigenvalue weighted by Gasteiger charge is -2.61. The SMILES string of the molecule is C[C@H](CCCCC(=O)O)C1CCC2C3CCC4C[C@H](OC(=O)[C@H](N)CCC(=O)O)CC[C@]4(C)C3CC[C@@]21C. The molecule has 0 heterocycles. The number of hydrogen-bond acceptors (Lipinski definition) is 5. The molecular weight excluding hydrogens is 482 g/mol. The van der Waals surface area contributed by atoms with Crippen LogP contribution in [0.3, 0.4) is 0 Å².